The molecule has 0 aliphatic carbocycles. The number of aryl methyl sites for hydroxylation is 1. The molecular weight excluding hydrogens is 228 g/mol. The second-order valence-electron chi connectivity index (χ2n) is 4.13. The second kappa shape index (κ2) is 3.69. The Balaban J connectivity index is 2.31. The molecule has 18 heavy (non-hydrogen) atoms. The number of benzene rings is 1. The van der Waals surface area contributed by atoms with Crippen LogP contribution in [-0.4, -0.2) is 19.7 Å². The van der Waals surface area contributed by atoms with Gasteiger partial charge in [0, 0.05) is 5.39 Å². The van der Waals surface area contributed by atoms with E-state index < -0.39 is 0 Å². The van der Waals surface area contributed by atoms with Crippen molar-refractivity contribution in [2.75, 3.05) is 11.5 Å². The van der Waals surface area contributed by atoms with E-state index in [4.69, 9.17) is 11.5 Å². The van der Waals surface area contributed by atoms with Gasteiger partial charge in [-0.25, -0.2) is 9.67 Å². The first-order valence-corrected chi connectivity index (χ1v) is 5.48. The lowest BCUT2D eigenvalue weighted by atomic mass is 10.2. The molecule has 2 heterocycles. The van der Waals surface area contributed by atoms with E-state index >= 15 is 0 Å². The van der Waals surface area contributed by atoms with E-state index in [1.54, 1.807) is 10.9 Å². The van der Waals surface area contributed by atoms with Gasteiger partial charge in [-0.1, -0.05) is 12.1 Å². The molecule has 0 atom stereocenters. The Morgan fingerprint density at radius 2 is 2.00 bits per heavy atom. The number of hydrogen-bond donors (Lipinski definition) is 2. The SMILES string of the molecule is Cc1ccc2cnn(-c3nc(N)ncc3N)c2c1. The van der Waals surface area contributed by atoms with Crippen LogP contribution in [0.25, 0.3) is 16.7 Å². The zero-order valence-electron chi connectivity index (χ0n) is 9.83. The van der Waals surface area contributed by atoms with Gasteiger partial charge in [0.25, 0.3) is 0 Å². The van der Waals surface area contributed by atoms with Crippen LogP contribution in [0.4, 0.5) is 11.6 Å². The Morgan fingerprint density at radius 1 is 1.17 bits per heavy atom. The zero-order chi connectivity index (χ0) is 12.7. The number of anilines is 2. The summed E-state index contributed by atoms with van der Waals surface area (Å²) in [4.78, 5) is 7.98. The lowest BCUT2D eigenvalue weighted by Gasteiger charge is -2.06. The molecule has 4 N–H and O–H groups in total. The highest BCUT2D eigenvalue weighted by Crippen LogP contribution is 2.21. The van der Waals surface area contributed by atoms with Crippen molar-refractivity contribution in [2.45, 2.75) is 6.92 Å². The molecule has 0 saturated carbocycles. The average molecular weight is 240 g/mol. The molecule has 0 fully saturated rings. The molecule has 1 aromatic carbocycles. The molecule has 90 valence electrons. The summed E-state index contributed by atoms with van der Waals surface area (Å²) < 4.78 is 1.68. The molecule has 0 amide bonds. The Hall–Kier alpha value is -2.63. The van der Waals surface area contributed by atoms with E-state index in [-0.39, 0.29) is 5.95 Å². The number of fused-ring (bicyclic) bond motifs is 1. The molecular formula is C12H12N6. The smallest absolute Gasteiger partial charge is 0.222 e. The molecule has 0 radical (unpaired) electrons. The molecule has 0 unspecified atom stereocenters. The van der Waals surface area contributed by atoms with Crippen molar-refractivity contribution in [3.63, 3.8) is 0 Å². The van der Waals surface area contributed by atoms with Gasteiger partial charge < -0.3 is 11.5 Å². The van der Waals surface area contributed by atoms with Gasteiger partial charge in [-0.15, -0.1) is 0 Å². The van der Waals surface area contributed by atoms with Gasteiger partial charge in [-0.2, -0.15) is 10.1 Å². The lowest BCUT2D eigenvalue weighted by Crippen LogP contribution is -2.07. The minimum absolute atomic E-state index is 0.176. The Kier molecular flexibility index (Phi) is 2.16. The van der Waals surface area contributed by atoms with E-state index in [1.165, 1.54) is 6.20 Å². The van der Waals surface area contributed by atoms with E-state index in [2.05, 4.69) is 15.1 Å². The molecule has 0 saturated heterocycles. The number of hydrogen-bond acceptors (Lipinski definition) is 5. The minimum atomic E-state index is 0.176. The maximum Gasteiger partial charge on any atom is 0.222 e. The summed E-state index contributed by atoms with van der Waals surface area (Å²) in [6.45, 7) is 2.02. The number of rotatable bonds is 1. The number of aromatic nitrogens is 4. The third-order valence-corrected chi connectivity index (χ3v) is 2.74. The summed E-state index contributed by atoms with van der Waals surface area (Å²) in [6.07, 6.45) is 3.26. The summed E-state index contributed by atoms with van der Waals surface area (Å²) >= 11 is 0. The van der Waals surface area contributed by atoms with Crippen molar-refractivity contribution < 1.29 is 0 Å². The zero-order valence-corrected chi connectivity index (χ0v) is 9.83. The monoisotopic (exact) mass is 240 g/mol. The van der Waals surface area contributed by atoms with Crippen molar-refractivity contribution in [1.82, 2.24) is 19.7 Å². The Morgan fingerprint density at radius 3 is 2.83 bits per heavy atom. The molecule has 0 bridgehead atoms. The van der Waals surface area contributed by atoms with Crippen molar-refractivity contribution in [3.8, 4) is 5.82 Å². The summed E-state index contributed by atoms with van der Waals surface area (Å²) in [5.41, 5.74) is 14.0. The first-order valence-electron chi connectivity index (χ1n) is 5.48. The number of nitrogens with two attached hydrogens (primary N) is 2. The van der Waals surface area contributed by atoms with Crippen LogP contribution in [0.5, 0.6) is 0 Å². The maximum absolute atomic E-state index is 5.87. The van der Waals surface area contributed by atoms with Crippen LogP contribution < -0.4 is 11.5 Å². The van der Waals surface area contributed by atoms with Crippen molar-refractivity contribution in [1.29, 1.82) is 0 Å². The maximum atomic E-state index is 5.87. The third-order valence-electron chi connectivity index (χ3n) is 2.74. The predicted molar refractivity (Wildman–Crippen MR) is 70.2 cm³/mol. The molecule has 0 aliphatic rings. The number of nitrogen functional groups attached to an aromatic ring is 2. The van der Waals surface area contributed by atoms with E-state index in [0.29, 0.717) is 11.5 Å². The van der Waals surface area contributed by atoms with Crippen LogP contribution in [0.3, 0.4) is 0 Å². The molecule has 2 aromatic heterocycles. The first-order chi connectivity index (χ1) is 8.65. The van der Waals surface area contributed by atoms with Crippen molar-refractivity contribution in [2.24, 2.45) is 0 Å². The highest BCUT2D eigenvalue weighted by molar-refractivity contribution is 5.81. The highest BCUT2D eigenvalue weighted by atomic mass is 15.3. The lowest BCUT2D eigenvalue weighted by molar-refractivity contribution is 0.872. The molecule has 0 aliphatic heterocycles. The standard InChI is InChI=1S/C12H12N6/c1-7-2-3-8-5-16-18(10(8)4-7)11-9(13)6-15-12(14)17-11/h2-6H,13H2,1H3,(H2,14,15,17). The van der Waals surface area contributed by atoms with Crippen LogP contribution >= 0.6 is 0 Å². The molecule has 0 spiro atoms. The number of nitrogens with zero attached hydrogens (tertiary/aromatic N) is 4. The van der Waals surface area contributed by atoms with Gasteiger partial charge in [0.2, 0.25) is 5.95 Å². The summed E-state index contributed by atoms with van der Waals surface area (Å²) in [7, 11) is 0. The van der Waals surface area contributed by atoms with E-state index in [0.717, 1.165) is 16.5 Å². The van der Waals surface area contributed by atoms with Crippen LogP contribution in [-0.2, 0) is 0 Å². The topological polar surface area (TPSA) is 95.6 Å². The fraction of sp³-hybridized carbons (Fsp3) is 0.0833. The summed E-state index contributed by atoms with van der Waals surface area (Å²) in [5, 5.41) is 5.32. The van der Waals surface area contributed by atoms with E-state index in [1.807, 2.05) is 25.1 Å². The quantitative estimate of drug-likeness (QED) is 0.668. The van der Waals surface area contributed by atoms with Crippen LogP contribution in [0.2, 0.25) is 0 Å². The van der Waals surface area contributed by atoms with Gasteiger partial charge in [0.05, 0.1) is 23.6 Å². The Bertz CT molecular complexity index is 731. The summed E-state index contributed by atoms with van der Waals surface area (Å²) in [6, 6.07) is 6.07. The third kappa shape index (κ3) is 1.55. The normalized spacial score (nSPS) is 10.9. The molecule has 6 nitrogen and oxygen atoms in total. The molecule has 3 aromatic rings. The predicted octanol–water partition coefficient (Wildman–Crippen LogP) is 1.29. The van der Waals surface area contributed by atoms with Gasteiger partial charge in [-0.3, -0.25) is 0 Å². The fourth-order valence-corrected chi connectivity index (χ4v) is 1.86. The largest absolute Gasteiger partial charge is 0.394 e. The Labute approximate surface area is 103 Å². The first kappa shape index (κ1) is 10.5. The van der Waals surface area contributed by atoms with Gasteiger partial charge in [0.15, 0.2) is 5.82 Å². The van der Waals surface area contributed by atoms with Gasteiger partial charge >= 0.3 is 0 Å². The van der Waals surface area contributed by atoms with Gasteiger partial charge in [-0.05, 0) is 18.6 Å². The van der Waals surface area contributed by atoms with Crippen molar-refractivity contribution >= 4 is 22.5 Å². The average Bonchev–Trinajstić information content (AvgIpc) is 2.75. The summed E-state index contributed by atoms with van der Waals surface area (Å²) in [5.74, 6) is 0.679. The minimum Gasteiger partial charge on any atom is -0.394 e. The molecule has 3 rings (SSSR count). The molecule has 6 heteroatoms. The van der Waals surface area contributed by atoms with Crippen LogP contribution in [0.1, 0.15) is 5.56 Å². The second-order valence-corrected chi connectivity index (χ2v) is 4.13. The van der Waals surface area contributed by atoms with Crippen molar-refractivity contribution in [3.05, 3.63) is 36.2 Å². The van der Waals surface area contributed by atoms with Gasteiger partial charge in [0.1, 0.15) is 0 Å². The van der Waals surface area contributed by atoms with E-state index in [9.17, 15) is 0 Å². The highest BCUT2D eigenvalue weighted by Gasteiger charge is 2.10. The van der Waals surface area contributed by atoms with Crippen LogP contribution in [0, 0.1) is 6.92 Å². The fourth-order valence-electron chi connectivity index (χ4n) is 1.86. The van der Waals surface area contributed by atoms with Crippen LogP contribution in [0.15, 0.2) is 30.6 Å².